The summed E-state index contributed by atoms with van der Waals surface area (Å²) in [6, 6.07) is 5.95. The number of aromatic nitrogens is 4. The van der Waals surface area contributed by atoms with Crippen LogP contribution >= 0.6 is 11.6 Å². The first kappa shape index (κ1) is 22.5. The summed E-state index contributed by atoms with van der Waals surface area (Å²) in [5.74, 6) is -0.0452. The van der Waals surface area contributed by atoms with Gasteiger partial charge in [0.2, 0.25) is 0 Å². The van der Waals surface area contributed by atoms with E-state index < -0.39 is 11.7 Å². The number of rotatable bonds is 6. The van der Waals surface area contributed by atoms with Gasteiger partial charge in [0.15, 0.2) is 11.5 Å². The molecule has 3 N–H and O–H groups in total. The summed E-state index contributed by atoms with van der Waals surface area (Å²) in [5, 5.41) is 6.26. The highest BCUT2D eigenvalue weighted by molar-refractivity contribution is 6.32. The second-order valence-corrected chi connectivity index (χ2v) is 7.85. The molecule has 0 aliphatic carbocycles. The van der Waals surface area contributed by atoms with Gasteiger partial charge in [-0.25, -0.2) is 19.3 Å². The average molecular weight is 469 g/mol. The number of nitrogens with zero attached hydrogens (tertiary/aromatic N) is 3. The number of methoxy groups -OCH3 is 1. The fourth-order valence-electron chi connectivity index (χ4n) is 3.78. The van der Waals surface area contributed by atoms with Crippen molar-refractivity contribution in [2.75, 3.05) is 19.5 Å². The van der Waals surface area contributed by atoms with E-state index in [1.165, 1.54) is 25.5 Å². The molecule has 2 aromatic carbocycles. The zero-order valence-electron chi connectivity index (χ0n) is 18.5. The Labute approximate surface area is 194 Å². The molecule has 33 heavy (non-hydrogen) atoms. The second kappa shape index (κ2) is 9.03. The molecule has 0 spiro atoms. The molecular weight excluding hydrogens is 447 g/mol. The van der Waals surface area contributed by atoms with Crippen LogP contribution in [0.15, 0.2) is 36.9 Å². The quantitative estimate of drug-likeness (QED) is 0.380. The van der Waals surface area contributed by atoms with E-state index in [1.807, 2.05) is 19.9 Å². The van der Waals surface area contributed by atoms with E-state index in [1.54, 1.807) is 19.5 Å². The number of halogens is 2. The number of anilines is 1. The maximum atomic E-state index is 14.7. The van der Waals surface area contributed by atoms with Crippen LogP contribution in [0.4, 0.5) is 10.2 Å². The Hall–Kier alpha value is -3.72. The molecule has 0 saturated carbocycles. The first-order chi connectivity index (χ1) is 15.8. The normalized spacial score (nSPS) is 11.9. The van der Waals surface area contributed by atoms with Crippen LogP contribution < -0.4 is 15.4 Å². The molecule has 0 bridgehead atoms. The Morgan fingerprint density at radius 3 is 2.73 bits per heavy atom. The van der Waals surface area contributed by atoms with Gasteiger partial charge in [0.25, 0.3) is 5.91 Å². The molecule has 4 rings (SSSR count). The van der Waals surface area contributed by atoms with Gasteiger partial charge < -0.3 is 20.4 Å². The first-order valence-corrected chi connectivity index (χ1v) is 10.5. The third-order valence-corrected chi connectivity index (χ3v) is 5.87. The molecular formula is C23H22ClFN6O2. The van der Waals surface area contributed by atoms with Gasteiger partial charge >= 0.3 is 0 Å². The van der Waals surface area contributed by atoms with Crippen molar-refractivity contribution in [1.29, 1.82) is 0 Å². The molecule has 0 radical (unpaired) electrons. The van der Waals surface area contributed by atoms with Crippen LogP contribution in [0.25, 0.3) is 22.3 Å². The summed E-state index contributed by atoms with van der Waals surface area (Å²) < 4.78 is 20.5. The zero-order valence-corrected chi connectivity index (χ0v) is 19.2. The van der Waals surface area contributed by atoms with E-state index in [2.05, 4.69) is 30.6 Å². The monoisotopic (exact) mass is 468 g/mol. The Bertz CT molecular complexity index is 1360. The van der Waals surface area contributed by atoms with E-state index in [0.717, 1.165) is 11.1 Å². The van der Waals surface area contributed by atoms with Crippen molar-refractivity contribution in [2.24, 2.45) is 0 Å². The standard InChI is InChI=1S/C23H22ClFN6O2/c1-11-16(24)8-15(12(2)31-22-19-21(28-9-27-19)29-10-30-22)20(33-4)18(11)13-5-6-14(17(25)7-13)23(32)26-3/h5-10,12H,1-4H3,(H,26,32)(H2,27,28,29,30,31). The zero-order chi connectivity index (χ0) is 23.7. The first-order valence-electron chi connectivity index (χ1n) is 10.1. The predicted molar refractivity (Wildman–Crippen MR) is 125 cm³/mol. The number of hydrogen-bond acceptors (Lipinski definition) is 6. The van der Waals surface area contributed by atoms with E-state index in [-0.39, 0.29) is 11.6 Å². The van der Waals surface area contributed by atoms with E-state index in [9.17, 15) is 9.18 Å². The maximum Gasteiger partial charge on any atom is 0.253 e. The number of carbonyl (C=O) groups is 1. The fourth-order valence-corrected chi connectivity index (χ4v) is 3.99. The molecule has 0 aliphatic heterocycles. The lowest BCUT2D eigenvalue weighted by Crippen LogP contribution is -2.19. The van der Waals surface area contributed by atoms with Crippen LogP contribution in [0, 0.1) is 12.7 Å². The molecule has 1 unspecified atom stereocenters. The van der Waals surface area contributed by atoms with Gasteiger partial charge in [0.1, 0.15) is 23.4 Å². The summed E-state index contributed by atoms with van der Waals surface area (Å²) in [6.45, 7) is 3.77. The highest BCUT2D eigenvalue weighted by Gasteiger charge is 2.23. The number of aromatic amines is 1. The van der Waals surface area contributed by atoms with Crippen molar-refractivity contribution < 1.29 is 13.9 Å². The van der Waals surface area contributed by atoms with E-state index in [4.69, 9.17) is 16.3 Å². The van der Waals surface area contributed by atoms with E-state index in [0.29, 0.717) is 38.9 Å². The molecule has 2 heterocycles. The molecule has 0 aliphatic rings. The molecule has 10 heteroatoms. The van der Waals surface area contributed by atoms with Crippen LogP contribution in [0.1, 0.15) is 34.5 Å². The molecule has 170 valence electrons. The Kier molecular flexibility index (Phi) is 6.15. The third kappa shape index (κ3) is 4.07. The number of hydrogen-bond donors (Lipinski definition) is 3. The number of H-pyrrole nitrogens is 1. The molecule has 2 aromatic heterocycles. The van der Waals surface area contributed by atoms with Gasteiger partial charge in [-0.15, -0.1) is 0 Å². The molecule has 1 atom stereocenters. The van der Waals surface area contributed by atoms with Gasteiger partial charge in [0, 0.05) is 23.2 Å². The topological polar surface area (TPSA) is 105 Å². The minimum absolute atomic E-state index is 0.0399. The van der Waals surface area contributed by atoms with Crippen molar-refractivity contribution in [3.05, 3.63) is 64.5 Å². The minimum atomic E-state index is -0.636. The molecule has 0 saturated heterocycles. The summed E-state index contributed by atoms with van der Waals surface area (Å²) >= 11 is 6.58. The van der Waals surface area contributed by atoms with Crippen molar-refractivity contribution in [2.45, 2.75) is 19.9 Å². The number of ether oxygens (including phenoxy) is 1. The minimum Gasteiger partial charge on any atom is -0.496 e. The van der Waals surface area contributed by atoms with Crippen molar-refractivity contribution in [1.82, 2.24) is 25.3 Å². The Morgan fingerprint density at radius 2 is 2.03 bits per heavy atom. The van der Waals surface area contributed by atoms with Gasteiger partial charge in [-0.3, -0.25) is 4.79 Å². The largest absolute Gasteiger partial charge is 0.496 e. The van der Waals surface area contributed by atoms with Crippen LogP contribution in [0.5, 0.6) is 5.75 Å². The third-order valence-electron chi connectivity index (χ3n) is 5.48. The van der Waals surface area contributed by atoms with Crippen molar-refractivity contribution >= 4 is 34.5 Å². The lowest BCUT2D eigenvalue weighted by molar-refractivity contribution is 0.0959. The number of benzene rings is 2. The summed E-state index contributed by atoms with van der Waals surface area (Å²) in [5.41, 5.74) is 3.84. The number of amides is 1. The molecule has 0 fully saturated rings. The lowest BCUT2D eigenvalue weighted by Gasteiger charge is -2.23. The van der Waals surface area contributed by atoms with Crippen LogP contribution in [-0.4, -0.2) is 40.0 Å². The number of fused-ring (bicyclic) bond motifs is 1. The number of carbonyl (C=O) groups excluding carboxylic acids is 1. The van der Waals surface area contributed by atoms with E-state index >= 15 is 0 Å². The van der Waals surface area contributed by atoms with Gasteiger partial charge in [-0.2, -0.15) is 0 Å². The number of nitrogens with one attached hydrogen (secondary N) is 3. The highest BCUT2D eigenvalue weighted by Crippen LogP contribution is 2.43. The van der Waals surface area contributed by atoms with Gasteiger partial charge in [-0.05, 0) is 43.2 Å². The summed E-state index contributed by atoms with van der Waals surface area (Å²) in [7, 11) is 3.00. The SMILES string of the molecule is CNC(=O)c1ccc(-c2c(C)c(Cl)cc(C(C)Nc3ncnc4[nH]cnc34)c2OC)cc1F. The molecule has 4 aromatic rings. The van der Waals surface area contributed by atoms with Crippen molar-refractivity contribution in [3.63, 3.8) is 0 Å². The lowest BCUT2D eigenvalue weighted by atomic mass is 9.93. The Balaban J connectivity index is 1.80. The Morgan fingerprint density at radius 1 is 1.24 bits per heavy atom. The smallest absolute Gasteiger partial charge is 0.253 e. The summed E-state index contributed by atoms with van der Waals surface area (Å²) in [4.78, 5) is 27.6. The summed E-state index contributed by atoms with van der Waals surface area (Å²) in [6.07, 6.45) is 2.99. The van der Waals surface area contributed by atoms with Crippen LogP contribution in [-0.2, 0) is 0 Å². The second-order valence-electron chi connectivity index (χ2n) is 7.44. The van der Waals surface area contributed by atoms with Crippen molar-refractivity contribution in [3.8, 4) is 16.9 Å². The van der Waals surface area contributed by atoms with Crippen LogP contribution in [0.2, 0.25) is 5.02 Å². The molecule has 8 nitrogen and oxygen atoms in total. The number of imidazole rings is 1. The maximum absolute atomic E-state index is 14.7. The average Bonchev–Trinajstić information content (AvgIpc) is 3.29. The van der Waals surface area contributed by atoms with Gasteiger partial charge in [0.05, 0.1) is 25.0 Å². The highest BCUT2D eigenvalue weighted by atomic mass is 35.5. The fraction of sp³-hybridized carbons (Fsp3) is 0.217. The predicted octanol–water partition coefficient (Wildman–Crippen LogP) is 4.66. The van der Waals surface area contributed by atoms with Crippen LogP contribution in [0.3, 0.4) is 0 Å². The molecule has 1 amide bonds. The van der Waals surface area contributed by atoms with Gasteiger partial charge in [-0.1, -0.05) is 17.7 Å².